The number of carbonyl (C=O) groups excluding carboxylic acids is 2. The zero-order valence-corrected chi connectivity index (χ0v) is 14.1. The van der Waals surface area contributed by atoms with Crippen LogP contribution in [0, 0.1) is 5.82 Å². The maximum atomic E-state index is 14.6. The van der Waals surface area contributed by atoms with Gasteiger partial charge in [0.2, 0.25) is 0 Å². The zero-order valence-electron chi connectivity index (χ0n) is 14.1. The lowest BCUT2D eigenvalue weighted by molar-refractivity contribution is -0.184. The lowest BCUT2D eigenvalue weighted by Gasteiger charge is -2.23. The molecule has 3 N–H and O–H groups in total. The molecule has 2 amide bonds. The fourth-order valence-corrected chi connectivity index (χ4v) is 2.94. The SMILES string of the molecule is NC[C@H]1CN(c2ccc(N3CCON(C(=O)CO)CC3)c(F)c2)C(=O)O1. The second-order valence-electron chi connectivity index (χ2n) is 5.96. The van der Waals surface area contributed by atoms with E-state index in [-0.39, 0.29) is 26.2 Å². The summed E-state index contributed by atoms with van der Waals surface area (Å²) in [6.07, 6.45) is -0.947. The average Bonchev–Trinajstić information content (AvgIpc) is 2.86. The molecule has 0 saturated carbocycles. The van der Waals surface area contributed by atoms with E-state index >= 15 is 0 Å². The number of cyclic esters (lactones) is 1. The van der Waals surface area contributed by atoms with Gasteiger partial charge in [-0.15, -0.1) is 0 Å². The molecule has 2 saturated heterocycles. The Morgan fingerprint density at radius 2 is 2.15 bits per heavy atom. The molecule has 2 aliphatic rings. The lowest BCUT2D eigenvalue weighted by atomic mass is 10.2. The van der Waals surface area contributed by atoms with Gasteiger partial charge in [0.25, 0.3) is 5.91 Å². The molecule has 142 valence electrons. The molecule has 9 nitrogen and oxygen atoms in total. The highest BCUT2D eigenvalue weighted by molar-refractivity contribution is 5.90. The van der Waals surface area contributed by atoms with Crippen LogP contribution in [0.25, 0.3) is 0 Å². The number of amides is 2. The number of nitrogens with two attached hydrogens (primary N) is 1. The summed E-state index contributed by atoms with van der Waals surface area (Å²) in [6, 6.07) is 4.50. The van der Waals surface area contributed by atoms with Crippen molar-refractivity contribution in [2.24, 2.45) is 5.73 Å². The van der Waals surface area contributed by atoms with E-state index in [1.54, 1.807) is 17.0 Å². The summed E-state index contributed by atoms with van der Waals surface area (Å²) in [5, 5.41) is 9.99. The summed E-state index contributed by atoms with van der Waals surface area (Å²) in [5.74, 6) is -1.03. The smallest absolute Gasteiger partial charge is 0.414 e. The third kappa shape index (κ3) is 3.71. The van der Waals surface area contributed by atoms with E-state index in [4.69, 9.17) is 20.4 Å². The Balaban J connectivity index is 1.72. The minimum Gasteiger partial charge on any atom is -0.443 e. The number of hydrogen-bond acceptors (Lipinski definition) is 7. The van der Waals surface area contributed by atoms with Gasteiger partial charge < -0.3 is 20.5 Å². The Hall–Kier alpha value is -2.43. The van der Waals surface area contributed by atoms with Crippen LogP contribution >= 0.6 is 0 Å². The predicted molar refractivity (Wildman–Crippen MR) is 90.0 cm³/mol. The number of halogens is 1. The standard InChI is InChI=1S/C16H21FN4O5/c17-13-7-11(20-9-12(8-18)26-16(20)24)1-2-14(13)19-3-4-21(15(23)10-22)25-6-5-19/h1-2,7,12,22H,3-6,8-10,18H2/t12-/m0/s1. The first-order valence-electron chi connectivity index (χ1n) is 8.30. The van der Waals surface area contributed by atoms with Crippen molar-refractivity contribution in [1.29, 1.82) is 0 Å². The van der Waals surface area contributed by atoms with E-state index in [2.05, 4.69) is 0 Å². The van der Waals surface area contributed by atoms with Gasteiger partial charge in [-0.1, -0.05) is 0 Å². The highest BCUT2D eigenvalue weighted by Crippen LogP contribution is 2.28. The van der Waals surface area contributed by atoms with E-state index in [0.29, 0.717) is 24.5 Å². The van der Waals surface area contributed by atoms with Crippen LogP contribution < -0.4 is 15.5 Å². The van der Waals surface area contributed by atoms with Crippen molar-refractivity contribution in [2.75, 3.05) is 55.7 Å². The van der Waals surface area contributed by atoms with Gasteiger partial charge in [0.05, 0.1) is 31.1 Å². The molecule has 0 spiro atoms. The minimum atomic E-state index is -0.640. The first kappa shape index (κ1) is 18.4. The van der Waals surface area contributed by atoms with Crippen LogP contribution in [0.2, 0.25) is 0 Å². The van der Waals surface area contributed by atoms with Gasteiger partial charge in [-0.25, -0.2) is 14.2 Å². The molecule has 0 aliphatic carbocycles. The molecule has 26 heavy (non-hydrogen) atoms. The highest BCUT2D eigenvalue weighted by Gasteiger charge is 2.32. The summed E-state index contributed by atoms with van der Waals surface area (Å²) in [4.78, 5) is 31.7. The van der Waals surface area contributed by atoms with Crippen molar-refractivity contribution >= 4 is 23.4 Å². The molecule has 1 aromatic carbocycles. The van der Waals surface area contributed by atoms with Crippen molar-refractivity contribution in [3.8, 4) is 0 Å². The van der Waals surface area contributed by atoms with Gasteiger partial charge in [0.1, 0.15) is 18.5 Å². The number of rotatable bonds is 4. The molecule has 0 unspecified atom stereocenters. The largest absolute Gasteiger partial charge is 0.443 e. The van der Waals surface area contributed by atoms with E-state index in [1.165, 1.54) is 11.0 Å². The Morgan fingerprint density at radius 3 is 2.81 bits per heavy atom. The van der Waals surface area contributed by atoms with Gasteiger partial charge in [-0.3, -0.25) is 14.5 Å². The van der Waals surface area contributed by atoms with E-state index in [9.17, 15) is 14.0 Å². The van der Waals surface area contributed by atoms with Crippen LogP contribution in [-0.4, -0.2) is 74.2 Å². The van der Waals surface area contributed by atoms with Gasteiger partial charge in [-0.2, -0.15) is 0 Å². The van der Waals surface area contributed by atoms with Crippen LogP contribution in [0.4, 0.5) is 20.6 Å². The molecule has 2 heterocycles. The van der Waals surface area contributed by atoms with Crippen LogP contribution in [0.5, 0.6) is 0 Å². The number of hydrogen-bond donors (Lipinski definition) is 2. The Bertz CT molecular complexity index is 689. The van der Waals surface area contributed by atoms with Gasteiger partial charge in [0, 0.05) is 19.6 Å². The number of carbonyl (C=O) groups is 2. The molecule has 1 aromatic rings. The van der Waals surface area contributed by atoms with Crippen molar-refractivity contribution in [3.05, 3.63) is 24.0 Å². The fourth-order valence-electron chi connectivity index (χ4n) is 2.94. The summed E-state index contributed by atoms with van der Waals surface area (Å²) < 4.78 is 19.7. The lowest BCUT2D eigenvalue weighted by Crippen LogP contribution is -2.36. The molecule has 3 rings (SSSR count). The Labute approximate surface area is 149 Å². The number of aliphatic hydroxyl groups excluding tert-OH is 1. The van der Waals surface area contributed by atoms with Gasteiger partial charge in [0.15, 0.2) is 0 Å². The van der Waals surface area contributed by atoms with Crippen LogP contribution in [0.15, 0.2) is 18.2 Å². The topological polar surface area (TPSA) is 109 Å². The molecular weight excluding hydrogens is 347 g/mol. The second kappa shape index (κ2) is 7.85. The molecule has 2 aliphatic heterocycles. The van der Waals surface area contributed by atoms with Crippen LogP contribution in [-0.2, 0) is 14.4 Å². The number of ether oxygens (including phenoxy) is 1. The van der Waals surface area contributed by atoms with E-state index in [0.717, 1.165) is 5.06 Å². The van der Waals surface area contributed by atoms with Crippen molar-refractivity contribution in [3.63, 3.8) is 0 Å². The third-order valence-corrected chi connectivity index (χ3v) is 4.32. The molecule has 10 heteroatoms. The molecule has 1 atom stereocenters. The summed E-state index contributed by atoms with van der Waals surface area (Å²) >= 11 is 0. The van der Waals surface area contributed by atoms with E-state index < -0.39 is 30.5 Å². The Kier molecular flexibility index (Phi) is 5.55. The first-order chi connectivity index (χ1) is 12.5. The monoisotopic (exact) mass is 368 g/mol. The summed E-state index contributed by atoms with van der Waals surface area (Å²) in [6.45, 7) is 0.971. The van der Waals surface area contributed by atoms with E-state index in [1.807, 2.05) is 0 Å². The summed E-state index contributed by atoms with van der Waals surface area (Å²) in [7, 11) is 0. The van der Waals surface area contributed by atoms with Gasteiger partial charge in [-0.05, 0) is 18.2 Å². The molecule has 0 aromatic heterocycles. The number of aliphatic hydroxyl groups is 1. The maximum Gasteiger partial charge on any atom is 0.414 e. The van der Waals surface area contributed by atoms with Crippen molar-refractivity contribution in [1.82, 2.24) is 5.06 Å². The van der Waals surface area contributed by atoms with Crippen LogP contribution in [0.1, 0.15) is 0 Å². The number of nitrogens with zero attached hydrogens (tertiary/aromatic N) is 3. The predicted octanol–water partition coefficient (Wildman–Crippen LogP) is -0.318. The van der Waals surface area contributed by atoms with Crippen molar-refractivity contribution in [2.45, 2.75) is 6.10 Å². The number of hydroxylamine groups is 2. The quantitative estimate of drug-likeness (QED) is 0.750. The maximum absolute atomic E-state index is 14.6. The Morgan fingerprint density at radius 1 is 1.35 bits per heavy atom. The first-order valence-corrected chi connectivity index (χ1v) is 8.30. The number of anilines is 2. The fraction of sp³-hybridized carbons (Fsp3) is 0.500. The molecule has 0 radical (unpaired) electrons. The molecule has 0 bridgehead atoms. The summed E-state index contributed by atoms with van der Waals surface area (Å²) in [5.41, 5.74) is 6.25. The van der Waals surface area contributed by atoms with Crippen molar-refractivity contribution < 1.29 is 28.7 Å². The zero-order chi connectivity index (χ0) is 18.7. The normalized spacial score (nSPS) is 21.0. The van der Waals surface area contributed by atoms with Gasteiger partial charge >= 0.3 is 6.09 Å². The second-order valence-corrected chi connectivity index (χ2v) is 5.96. The average molecular weight is 368 g/mol. The molecule has 2 fully saturated rings. The number of benzene rings is 1. The molecular formula is C16H21FN4O5. The highest BCUT2D eigenvalue weighted by atomic mass is 19.1. The minimum absolute atomic E-state index is 0.184. The third-order valence-electron chi connectivity index (χ3n) is 4.32. The van der Waals surface area contributed by atoms with Crippen LogP contribution in [0.3, 0.4) is 0 Å².